The predicted octanol–water partition coefficient (Wildman–Crippen LogP) is 6.00. The number of alkyl halides is 1. The lowest BCUT2D eigenvalue weighted by Crippen LogP contribution is -2.63. The second-order valence-electron chi connectivity index (χ2n) is 10.1. The van der Waals surface area contributed by atoms with Crippen LogP contribution in [0.4, 0.5) is 0 Å². The van der Waals surface area contributed by atoms with E-state index in [-0.39, 0.29) is 46.9 Å². The van der Waals surface area contributed by atoms with Crippen molar-refractivity contribution >= 4 is 39.9 Å². The van der Waals surface area contributed by atoms with E-state index in [0.29, 0.717) is 0 Å². The molecule has 0 aliphatic carbocycles. The van der Waals surface area contributed by atoms with Crippen LogP contribution in [-0.4, -0.2) is 69.8 Å². The van der Waals surface area contributed by atoms with Crippen LogP contribution in [0.5, 0.6) is 0 Å². The molecule has 0 saturated heterocycles. The van der Waals surface area contributed by atoms with Crippen LogP contribution >= 0.6 is 11.6 Å². The lowest BCUT2D eigenvalue weighted by molar-refractivity contribution is -0.170. The molecule has 0 aromatic rings. The molecule has 0 aliphatic rings. The van der Waals surface area contributed by atoms with Crippen molar-refractivity contribution in [3.63, 3.8) is 0 Å². The van der Waals surface area contributed by atoms with Gasteiger partial charge in [0.05, 0.1) is 10.2 Å². The van der Waals surface area contributed by atoms with Gasteiger partial charge in [0.2, 0.25) is 4.87 Å². The van der Waals surface area contributed by atoms with Gasteiger partial charge in [0.1, 0.15) is 0 Å². The fourth-order valence-corrected chi connectivity index (χ4v) is 10.5. The first-order valence-electron chi connectivity index (χ1n) is 14.3. The summed E-state index contributed by atoms with van der Waals surface area (Å²) < 4.78 is 51.5. The van der Waals surface area contributed by atoms with E-state index < -0.39 is 23.0 Å². The topological polar surface area (TPSA) is 73.8 Å². The lowest BCUT2D eigenvalue weighted by Gasteiger charge is -2.42. The van der Waals surface area contributed by atoms with Crippen molar-refractivity contribution in [1.29, 1.82) is 0 Å². The number of hydrogen-bond acceptors (Lipinski definition) is 8. The van der Waals surface area contributed by atoms with Crippen LogP contribution in [0, 0.1) is 0 Å². The smallest absolute Gasteiger partial charge is 0.348 e. The third-order valence-electron chi connectivity index (χ3n) is 6.14. The van der Waals surface area contributed by atoms with Gasteiger partial charge in [-0.2, -0.15) is 0 Å². The van der Waals surface area contributed by atoms with Gasteiger partial charge in [-0.15, -0.1) is 0 Å². The molecule has 0 rings (SSSR count). The van der Waals surface area contributed by atoms with Crippen molar-refractivity contribution in [2.45, 2.75) is 163 Å². The molecule has 37 heavy (non-hydrogen) atoms. The molecule has 0 aliphatic heterocycles. The van der Waals surface area contributed by atoms with Crippen molar-refractivity contribution in [2.24, 2.45) is 0 Å². The fraction of sp³-hybridized carbons (Fsp3) is 1.00. The van der Waals surface area contributed by atoms with Crippen molar-refractivity contribution < 1.29 is 35.4 Å². The van der Waals surface area contributed by atoms with Crippen LogP contribution < -0.4 is 0 Å². The minimum atomic E-state index is -3.79. The van der Waals surface area contributed by atoms with Gasteiger partial charge < -0.3 is 35.4 Å². The summed E-state index contributed by atoms with van der Waals surface area (Å²) >= 11 is 7.07. The molecule has 0 bridgehead atoms. The summed E-state index contributed by atoms with van der Waals surface area (Å²) in [6.07, 6.45) is 3.54. The highest BCUT2D eigenvalue weighted by atomic mass is 35.5. The molecule has 6 unspecified atom stereocenters. The second-order valence-corrected chi connectivity index (χ2v) is 16.5. The van der Waals surface area contributed by atoms with E-state index in [1.807, 2.05) is 83.1 Å². The molecule has 0 amide bonds. The molecule has 0 heterocycles. The fourth-order valence-electron chi connectivity index (χ4n) is 2.76. The van der Waals surface area contributed by atoms with Gasteiger partial charge in [0.15, 0.2) is 0 Å². The van der Waals surface area contributed by atoms with Gasteiger partial charge in [-0.1, -0.05) is 53.1 Å². The van der Waals surface area contributed by atoms with Crippen LogP contribution in [-0.2, 0) is 35.4 Å². The van der Waals surface area contributed by atoms with Crippen molar-refractivity contribution in [3.8, 4) is 0 Å². The Morgan fingerprint density at radius 3 is 0.784 bits per heavy atom. The van der Waals surface area contributed by atoms with E-state index in [1.165, 1.54) is 0 Å². The summed E-state index contributed by atoms with van der Waals surface area (Å²) in [6, 6.07) is 0. The SMILES string of the molecule is CCC(C)O[Si](OC(C)CC)(OC(C)CC)OC([SiH3])(Cl)O[Si](OC(C)CC)(OC(C)CC)OC(C)CC. The monoisotopic (exact) mass is 604 g/mol. The van der Waals surface area contributed by atoms with Crippen LogP contribution in [0.2, 0.25) is 0 Å². The number of hydrogen-bond donors (Lipinski definition) is 0. The van der Waals surface area contributed by atoms with Gasteiger partial charge in [-0.05, 0) is 80.1 Å². The average Bonchev–Trinajstić information content (AvgIpc) is 2.82. The van der Waals surface area contributed by atoms with E-state index >= 15 is 0 Å². The Balaban J connectivity index is 6.55. The molecule has 0 aromatic carbocycles. The zero-order valence-corrected chi connectivity index (χ0v) is 30.6. The first kappa shape index (κ1) is 37.6. The molecule has 0 fully saturated rings. The van der Waals surface area contributed by atoms with Gasteiger partial charge in [0, 0.05) is 36.6 Å². The summed E-state index contributed by atoms with van der Waals surface area (Å²) in [5.41, 5.74) is 0. The van der Waals surface area contributed by atoms with Crippen LogP contribution in [0.25, 0.3) is 0 Å². The van der Waals surface area contributed by atoms with E-state index in [1.54, 1.807) is 0 Å². The Morgan fingerprint density at radius 1 is 0.486 bits per heavy atom. The van der Waals surface area contributed by atoms with Gasteiger partial charge in [-0.25, -0.2) is 0 Å². The molecule has 224 valence electrons. The molecule has 0 saturated carbocycles. The summed E-state index contributed by atoms with van der Waals surface area (Å²) in [5.74, 6) is 0. The summed E-state index contributed by atoms with van der Waals surface area (Å²) in [5, 5.41) is 0. The van der Waals surface area contributed by atoms with Gasteiger partial charge in [0.25, 0.3) is 0 Å². The Bertz CT molecular complexity index is 494. The highest BCUT2D eigenvalue weighted by Gasteiger charge is 2.60. The third kappa shape index (κ3) is 14.7. The Hall–Kier alpha value is 0.621. The highest BCUT2D eigenvalue weighted by molar-refractivity contribution is 6.59. The van der Waals surface area contributed by atoms with Crippen LogP contribution in [0.3, 0.4) is 0 Å². The van der Waals surface area contributed by atoms with Crippen LogP contribution in [0.1, 0.15) is 122 Å². The molecule has 8 nitrogen and oxygen atoms in total. The molecule has 0 N–H and O–H groups in total. The normalized spacial score (nSPS) is 22.3. The molecule has 0 spiro atoms. The molecule has 6 atom stereocenters. The third-order valence-corrected chi connectivity index (χ3v) is 13.2. The molecular weight excluding hydrogens is 548 g/mol. The maximum absolute atomic E-state index is 7.07. The van der Waals surface area contributed by atoms with E-state index in [0.717, 1.165) is 38.5 Å². The largest absolute Gasteiger partial charge is 0.683 e. The zero-order valence-electron chi connectivity index (χ0n) is 25.9. The summed E-state index contributed by atoms with van der Waals surface area (Å²) in [4.78, 5) is -1.64. The summed E-state index contributed by atoms with van der Waals surface area (Å²) in [6.45, 7) is 24.1. The van der Waals surface area contributed by atoms with Crippen molar-refractivity contribution in [3.05, 3.63) is 0 Å². The first-order valence-corrected chi connectivity index (χ1v) is 18.9. The Morgan fingerprint density at radius 2 is 0.649 bits per heavy atom. The van der Waals surface area contributed by atoms with Gasteiger partial charge >= 0.3 is 18.1 Å². The highest BCUT2D eigenvalue weighted by Crippen LogP contribution is 2.33. The number of rotatable bonds is 22. The Labute approximate surface area is 238 Å². The van der Waals surface area contributed by atoms with E-state index in [4.69, 9.17) is 47.0 Å². The minimum absolute atomic E-state index is 0.167. The van der Waals surface area contributed by atoms with Crippen molar-refractivity contribution in [2.75, 3.05) is 0 Å². The zero-order chi connectivity index (χ0) is 28.9. The quantitative estimate of drug-likeness (QED) is 0.0846. The maximum Gasteiger partial charge on any atom is 0.683 e. The molecule has 12 heteroatoms. The molecule has 0 aromatic heterocycles. The summed E-state index contributed by atoms with van der Waals surface area (Å²) in [7, 11) is -7.36. The predicted molar refractivity (Wildman–Crippen MR) is 157 cm³/mol. The Kier molecular flexibility index (Phi) is 18.4. The molecule has 0 radical (unpaired) electrons. The number of halogens is 1. The van der Waals surface area contributed by atoms with Gasteiger partial charge in [-0.3, -0.25) is 0 Å². The lowest BCUT2D eigenvalue weighted by atomic mass is 10.3. The van der Waals surface area contributed by atoms with Crippen LogP contribution in [0.15, 0.2) is 0 Å². The minimum Gasteiger partial charge on any atom is -0.348 e. The molecular formula is C25H57ClO8Si3. The van der Waals surface area contributed by atoms with E-state index in [2.05, 4.69) is 0 Å². The average molecular weight is 605 g/mol. The standard InChI is InChI=1S/C25H57ClO8Si3/c1-13-19(7)27-36(28-20(8)14-2,29-21(9)15-3)33-25(26,35)34-37(30-22(10)16-4,31-23(11)17-5)32-24(12)18-6/h19-24H,13-18H2,1-12,35H3. The second kappa shape index (κ2) is 18.1. The first-order chi connectivity index (χ1) is 17.1. The van der Waals surface area contributed by atoms with E-state index in [9.17, 15) is 0 Å². The maximum atomic E-state index is 7.07. The van der Waals surface area contributed by atoms with Crippen molar-refractivity contribution in [1.82, 2.24) is 0 Å².